The third kappa shape index (κ3) is 3.54. The maximum Gasteiger partial charge on any atom is 0.417 e. The number of hydrogen-bond acceptors (Lipinski definition) is 3. The molecule has 4 nitrogen and oxygen atoms in total. The number of carbonyl (C=O) groups excluding carboxylic acids is 1. The Balaban J connectivity index is 2.18. The van der Waals surface area contributed by atoms with Gasteiger partial charge in [0.15, 0.2) is 0 Å². The SMILES string of the molecule is O=C(N[C@@H]1CCC[C@@H](O)[C@@H]1O)c1ccccc1C(F)(F)F. The molecule has 0 spiro atoms. The van der Waals surface area contributed by atoms with Gasteiger partial charge in [0.2, 0.25) is 0 Å². The van der Waals surface area contributed by atoms with Crippen molar-refractivity contribution in [1.29, 1.82) is 0 Å². The van der Waals surface area contributed by atoms with Crippen LogP contribution >= 0.6 is 0 Å². The van der Waals surface area contributed by atoms with Crippen molar-refractivity contribution in [1.82, 2.24) is 5.32 Å². The predicted octanol–water partition coefficient (Wildman–Crippen LogP) is 1.71. The minimum atomic E-state index is -4.63. The summed E-state index contributed by atoms with van der Waals surface area (Å²) in [5.74, 6) is -0.902. The van der Waals surface area contributed by atoms with E-state index in [4.69, 9.17) is 0 Å². The molecule has 1 aromatic carbocycles. The van der Waals surface area contributed by atoms with Crippen molar-refractivity contribution in [2.45, 2.75) is 43.7 Å². The lowest BCUT2D eigenvalue weighted by atomic mass is 9.90. The van der Waals surface area contributed by atoms with Gasteiger partial charge in [0.05, 0.1) is 29.4 Å². The molecule has 1 amide bonds. The Morgan fingerprint density at radius 1 is 1.19 bits per heavy atom. The second-order valence-electron chi connectivity index (χ2n) is 5.11. The molecule has 0 heterocycles. The first-order valence-corrected chi connectivity index (χ1v) is 6.64. The van der Waals surface area contributed by atoms with Crippen LogP contribution in [0.25, 0.3) is 0 Å². The summed E-state index contributed by atoms with van der Waals surface area (Å²) in [7, 11) is 0. The van der Waals surface area contributed by atoms with E-state index in [9.17, 15) is 28.2 Å². The van der Waals surface area contributed by atoms with Crippen LogP contribution in [0, 0.1) is 0 Å². The number of halogens is 3. The van der Waals surface area contributed by atoms with Crippen LogP contribution in [-0.4, -0.2) is 34.4 Å². The minimum Gasteiger partial charge on any atom is -0.390 e. The molecule has 0 saturated heterocycles. The number of benzene rings is 1. The Kier molecular flexibility index (Phi) is 4.53. The second-order valence-corrected chi connectivity index (χ2v) is 5.11. The molecule has 1 aromatic rings. The molecule has 7 heteroatoms. The van der Waals surface area contributed by atoms with Crippen molar-refractivity contribution in [2.24, 2.45) is 0 Å². The van der Waals surface area contributed by atoms with Crippen molar-refractivity contribution < 1.29 is 28.2 Å². The average molecular weight is 303 g/mol. The first kappa shape index (κ1) is 15.8. The van der Waals surface area contributed by atoms with E-state index < -0.39 is 41.5 Å². The fraction of sp³-hybridized carbons (Fsp3) is 0.500. The maximum atomic E-state index is 12.9. The van der Waals surface area contributed by atoms with Gasteiger partial charge in [0.25, 0.3) is 5.91 Å². The third-order valence-electron chi connectivity index (χ3n) is 3.62. The van der Waals surface area contributed by atoms with Crippen molar-refractivity contribution in [2.75, 3.05) is 0 Å². The highest BCUT2D eigenvalue weighted by Gasteiger charge is 2.36. The van der Waals surface area contributed by atoms with E-state index >= 15 is 0 Å². The molecule has 2 rings (SSSR count). The fourth-order valence-corrected chi connectivity index (χ4v) is 2.49. The quantitative estimate of drug-likeness (QED) is 0.779. The minimum absolute atomic E-state index is 0.409. The van der Waals surface area contributed by atoms with Gasteiger partial charge in [-0.1, -0.05) is 12.1 Å². The van der Waals surface area contributed by atoms with Gasteiger partial charge < -0.3 is 15.5 Å². The van der Waals surface area contributed by atoms with Crippen LogP contribution in [0.2, 0.25) is 0 Å². The summed E-state index contributed by atoms with van der Waals surface area (Å²) in [4.78, 5) is 12.0. The molecule has 0 radical (unpaired) electrons. The van der Waals surface area contributed by atoms with Gasteiger partial charge in [-0.3, -0.25) is 4.79 Å². The molecule has 1 fully saturated rings. The number of carbonyl (C=O) groups is 1. The van der Waals surface area contributed by atoms with E-state index in [0.717, 1.165) is 12.1 Å². The molecule has 0 aromatic heterocycles. The van der Waals surface area contributed by atoms with Crippen LogP contribution in [-0.2, 0) is 6.18 Å². The summed E-state index contributed by atoms with van der Waals surface area (Å²) in [6, 6.07) is 3.72. The molecule has 21 heavy (non-hydrogen) atoms. The zero-order valence-electron chi connectivity index (χ0n) is 11.1. The number of alkyl halides is 3. The van der Waals surface area contributed by atoms with Crippen LogP contribution < -0.4 is 5.32 Å². The maximum absolute atomic E-state index is 12.9. The van der Waals surface area contributed by atoms with Gasteiger partial charge >= 0.3 is 6.18 Å². The lowest BCUT2D eigenvalue weighted by molar-refractivity contribution is -0.138. The Hall–Kier alpha value is -1.60. The molecule has 1 aliphatic carbocycles. The van der Waals surface area contributed by atoms with Crippen LogP contribution in [0.15, 0.2) is 24.3 Å². The van der Waals surface area contributed by atoms with E-state index in [1.807, 2.05) is 0 Å². The monoisotopic (exact) mass is 303 g/mol. The lowest BCUT2D eigenvalue weighted by Gasteiger charge is -2.32. The highest BCUT2D eigenvalue weighted by molar-refractivity contribution is 5.96. The first-order valence-electron chi connectivity index (χ1n) is 6.64. The summed E-state index contributed by atoms with van der Waals surface area (Å²) in [5.41, 5.74) is -1.51. The number of rotatable bonds is 2. The van der Waals surface area contributed by atoms with Crippen LogP contribution in [0.4, 0.5) is 13.2 Å². The average Bonchev–Trinajstić information content (AvgIpc) is 2.43. The van der Waals surface area contributed by atoms with Crippen LogP contribution in [0.1, 0.15) is 35.2 Å². The molecule has 1 saturated carbocycles. The Bertz CT molecular complexity index is 518. The topological polar surface area (TPSA) is 69.6 Å². The largest absolute Gasteiger partial charge is 0.417 e. The summed E-state index contributed by atoms with van der Waals surface area (Å²) in [5, 5.41) is 21.7. The molecule has 116 valence electrons. The molecule has 3 atom stereocenters. The summed E-state index contributed by atoms with van der Waals surface area (Å²) < 4.78 is 38.6. The Labute approximate surface area is 119 Å². The van der Waals surface area contributed by atoms with Gasteiger partial charge in [-0.15, -0.1) is 0 Å². The van der Waals surface area contributed by atoms with Crippen molar-refractivity contribution in [3.05, 3.63) is 35.4 Å². The fourth-order valence-electron chi connectivity index (χ4n) is 2.49. The molecular weight excluding hydrogens is 287 g/mol. The number of nitrogens with one attached hydrogen (secondary N) is 1. The van der Waals surface area contributed by atoms with Gasteiger partial charge in [0.1, 0.15) is 0 Å². The number of amides is 1. The van der Waals surface area contributed by atoms with E-state index in [1.54, 1.807) is 0 Å². The van der Waals surface area contributed by atoms with Crippen molar-refractivity contribution in [3.8, 4) is 0 Å². The molecule has 0 bridgehead atoms. The standard InChI is InChI=1S/C14H16F3NO3/c15-14(16,17)9-5-2-1-4-8(9)13(21)18-10-6-3-7-11(19)12(10)20/h1-2,4-5,10-12,19-20H,3,6-7H2,(H,18,21)/t10-,11-,12-/m1/s1. The van der Waals surface area contributed by atoms with E-state index in [2.05, 4.69) is 5.32 Å². The van der Waals surface area contributed by atoms with Crippen LogP contribution in [0.5, 0.6) is 0 Å². The zero-order chi connectivity index (χ0) is 15.6. The Morgan fingerprint density at radius 3 is 2.52 bits per heavy atom. The predicted molar refractivity (Wildman–Crippen MR) is 68.6 cm³/mol. The van der Waals surface area contributed by atoms with Crippen LogP contribution in [0.3, 0.4) is 0 Å². The van der Waals surface area contributed by atoms with E-state index in [1.165, 1.54) is 12.1 Å². The third-order valence-corrected chi connectivity index (χ3v) is 3.62. The Morgan fingerprint density at radius 2 is 1.86 bits per heavy atom. The van der Waals surface area contributed by atoms with Gasteiger partial charge in [0, 0.05) is 0 Å². The summed E-state index contributed by atoms with van der Waals surface area (Å²) in [6.07, 6.45) is -5.35. The number of aliphatic hydroxyl groups excluding tert-OH is 2. The molecule has 0 unspecified atom stereocenters. The smallest absolute Gasteiger partial charge is 0.390 e. The number of hydrogen-bond donors (Lipinski definition) is 3. The second kappa shape index (κ2) is 6.03. The van der Waals surface area contributed by atoms with Gasteiger partial charge in [-0.2, -0.15) is 13.2 Å². The number of aliphatic hydroxyl groups is 2. The highest BCUT2D eigenvalue weighted by atomic mass is 19.4. The molecule has 1 aliphatic rings. The molecule has 3 N–H and O–H groups in total. The summed E-state index contributed by atoms with van der Waals surface area (Å²) >= 11 is 0. The van der Waals surface area contributed by atoms with Crippen molar-refractivity contribution >= 4 is 5.91 Å². The van der Waals surface area contributed by atoms with Gasteiger partial charge in [-0.05, 0) is 31.4 Å². The highest BCUT2D eigenvalue weighted by Crippen LogP contribution is 2.32. The molecular formula is C14H16F3NO3. The van der Waals surface area contributed by atoms with E-state index in [-0.39, 0.29) is 0 Å². The molecule has 0 aliphatic heterocycles. The summed E-state index contributed by atoms with van der Waals surface area (Å²) in [6.45, 7) is 0. The first-order chi connectivity index (χ1) is 9.80. The van der Waals surface area contributed by atoms with E-state index in [0.29, 0.717) is 19.3 Å². The zero-order valence-corrected chi connectivity index (χ0v) is 11.1. The normalized spacial score (nSPS) is 26.4. The lowest BCUT2D eigenvalue weighted by Crippen LogP contribution is -2.51. The van der Waals surface area contributed by atoms with Gasteiger partial charge in [-0.25, -0.2) is 0 Å². The van der Waals surface area contributed by atoms with Crippen molar-refractivity contribution in [3.63, 3.8) is 0 Å².